The normalized spacial score (nSPS) is 13.7. The number of rotatable bonds is 11. The standard InChI is InChI=1S/C25H37N5O4S.C2HF3O2/c1-5-29(18-17-28(3)4)25(31)20-7-12-24(30-15-13-26-14-16-30)23(19-20)27-35(32,33)22-10-8-21(9-11-22)34-6-2;3-2(4,5)1(6)7/h7-12,19,26-27H,5-6,13-18H2,1-4H3;(H,6,7). The van der Waals surface area contributed by atoms with Crippen molar-refractivity contribution in [3.63, 3.8) is 0 Å². The maximum atomic E-state index is 13.3. The highest BCUT2D eigenvalue weighted by Crippen LogP contribution is 2.31. The maximum Gasteiger partial charge on any atom is 0.490 e. The van der Waals surface area contributed by atoms with Gasteiger partial charge in [-0.3, -0.25) is 9.52 Å². The first kappa shape index (κ1) is 34.6. The second kappa shape index (κ2) is 15.6. The van der Waals surface area contributed by atoms with E-state index in [1.807, 2.05) is 38.9 Å². The molecule has 0 unspecified atom stereocenters. The van der Waals surface area contributed by atoms with Gasteiger partial charge in [0.2, 0.25) is 0 Å². The lowest BCUT2D eigenvalue weighted by molar-refractivity contribution is -0.192. The molecule has 1 saturated heterocycles. The lowest BCUT2D eigenvalue weighted by Gasteiger charge is -2.31. The summed E-state index contributed by atoms with van der Waals surface area (Å²) in [6.45, 7) is 9.33. The Morgan fingerprint density at radius 1 is 1.05 bits per heavy atom. The molecule has 234 valence electrons. The summed E-state index contributed by atoms with van der Waals surface area (Å²) < 4.78 is 66.4. The van der Waals surface area contributed by atoms with E-state index in [1.54, 1.807) is 29.2 Å². The largest absolute Gasteiger partial charge is 0.494 e. The molecule has 1 heterocycles. The Balaban J connectivity index is 0.000000782. The van der Waals surface area contributed by atoms with E-state index in [-0.39, 0.29) is 10.8 Å². The molecule has 42 heavy (non-hydrogen) atoms. The summed E-state index contributed by atoms with van der Waals surface area (Å²) in [6, 6.07) is 11.6. The quantitative estimate of drug-likeness (QED) is 0.348. The molecule has 0 radical (unpaired) electrons. The first-order valence-corrected chi connectivity index (χ1v) is 14.8. The van der Waals surface area contributed by atoms with Gasteiger partial charge in [-0.25, -0.2) is 13.2 Å². The second-order valence-corrected chi connectivity index (χ2v) is 11.2. The first-order valence-electron chi connectivity index (χ1n) is 13.3. The molecule has 1 aliphatic heterocycles. The van der Waals surface area contributed by atoms with E-state index in [1.165, 1.54) is 12.1 Å². The number of benzene rings is 2. The molecule has 1 amide bonds. The second-order valence-electron chi connectivity index (χ2n) is 9.47. The minimum Gasteiger partial charge on any atom is -0.494 e. The van der Waals surface area contributed by atoms with E-state index >= 15 is 0 Å². The number of carbonyl (C=O) groups is 2. The highest BCUT2D eigenvalue weighted by atomic mass is 32.2. The minimum atomic E-state index is -5.08. The zero-order chi connectivity index (χ0) is 31.5. The van der Waals surface area contributed by atoms with Crippen LogP contribution in [0.1, 0.15) is 24.2 Å². The average molecular weight is 618 g/mol. The van der Waals surface area contributed by atoms with Crippen molar-refractivity contribution in [2.24, 2.45) is 0 Å². The number of halogens is 3. The van der Waals surface area contributed by atoms with Crippen molar-refractivity contribution in [1.29, 1.82) is 0 Å². The number of carboxylic acids is 1. The molecule has 0 aromatic heterocycles. The topological polar surface area (TPSA) is 132 Å². The molecule has 15 heteroatoms. The smallest absolute Gasteiger partial charge is 0.490 e. The molecule has 3 N–H and O–H groups in total. The summed E-state index contributed by atoms with van der Waals surface area (Å²) in [5.74, 6) is -2.27. The fourth-order valence-electron chi connectivity index (χ4n) is 3.92. The monoisotopic (exact) mass is 617 g/mol. The number of alkyl halides is 3. The number of carboxylic acid groups (broad SMARTS) is 1. The number of aliphatic carboxylic acids is 1. The molecule has 1 fully saturated rings. The number of nitrogens with one attached hydrogen (secondary N) is 2. The summed E-state index contributed by atoms with van der Waals surface area (Å²) in [7, 11) is 0.0579. The van der Waals surface area contributed by atoms with Crippen LogP contribution in [0.5, 0.6) is 5.75 Å². The molecule has 0 saturated carbocycles. The third kappa shape index (κ3) is 10.4. The molecule has 0 aliphatic carbocycles. The summed E-state index contributed by atoms with van der Waals surface area (Å²) >= 11 is 0. The lowest BCUT2D eigenvalue weighted by Crippen LogP contribution is -2.44. The number of nitrogens with zero attached hydrogens (tertiary/aromatic N) is 3. The van der Waals surface area contributed by atoms with Crippen LogP contribution in [-0.4, -0.2) is 108 Å². The summed E-state index contributed by atoms with van der Waals surface area (Å²) in [5, 5.41) is 10.4. The molecular formula is C27H38F3N5O6S. The maximum absolute atomic E-state index is 13.3. The van der Waals surface area contributed by atoms with E-state index in [0.717, 1.165) is 38.4 Å². The lowest BCUT2D eigenvalue weighted by atomic mass is 10.1. The molecule has 0 atom stereocenters. The number of piperazine rings is 1. The minimum absolute atomic E-state index is 0.122. The van der Waals surface area contributed by atoms with Crippen LogP contribution in [0, 0.1) is 0 Å². The summed E-state index contributed by atoms with van der Waals surface area (Å²) in [4.78, 5) is 28.2. The van der Waals surface area contributed by atoms with Crippen molar-refractivity contribution in [2.45, 2.75) is 24.9 Å². The number of likely N-dealkylation sites (N-methyl/N-ethyl adjacent to an activating group) is 2. The fourth-order valence-corrected chi connectivity index (χ4v) is 4.99. The Bertz CT molecular complexity index is 1280. The fraction of sp³-hybridized carbons (Fsp3) is 0.481. The third-order valence-corrected chi connectivity index (χ3v) is 7.50. The third-order valence-electron chi connectivity index (χ3n) is 6.12. The van der Waals surface area contributed by atoms with Gasteiger partial charge in [-0.2, -0.15) is 13.2 Å². The number of anilines is 2. The number of hydrogen-bond donors (Lipinski definition) is 3. The highest BCUT2D eigenvalue weighted by Gasteiger charge is 2.38. The van der Waals surface area contributed by atoms with Crippen molar-refractivity contribution in [3.8, 4) is 5.75 Å². The van der Waals surface area contributed by atoms with Crippen LogP contribution in [-0.2, 0) is 14.8 Å². The Morgan fingerprint density at radius 2 is 1.64 bits per heavy atom. The Hall–Kier alpha value is -3.56. The van der Waals surface area contributed by atoms with Crippen LogP contribution >= 0.6 is 0 Å². The molecule has 0 bridgehead atoms. The molecule has 1 aliphatic rings. The van der Waals surface area contributed by atoms with Gasteiger partial charge in [0.15, 0.2) is 0 Å². The van der Waals surface area contributed by atoms with Crippen molar-refractivity contribution < 1.29 is 41.0 Å². The summed E-state index contributed by atoms with van der Waals surface area (Å²) in [5.41, 5.74) is 1.61. The van der Waals surface area contributed by atoms with Gasteiger partial charge < -0.3 is 29.9 Å². The van der Waals surface area contributed by atoms with Crippen LogP contribution < -0.4 is 19.7 Å². The molecule has 11 nitrogen and oxygen atoms in total. The van der Waals surface area contributed by atoms with Gasteiger partial charge in [-0.05, 0) is 70.4 Å². The number of ether oxygens (including phenoxy) is 1. The molecule has 2 aromatic rings. The van der Waals surface area contributed by atoms with Gasteiger partial charge >= 0.3 is 12.1 Å². The van der Waals surface area contributed by atoms with Gasteiger partial charge in [0.25, 0.3) is 15.9 Å². The van der Waals surface area contributed by atoms with E-state index in [0.29, 0.717) is 36.7 Å². The van der Waals surface area contributed by atoms with Gasteiger partial charge in [0, 0.05) is 51.4 Å². The van der Waals surface area contributed by atoms with Crippen LogP contribution in [0.2, 0.25) is 0 Å². The van der Waals surface area contributed by atoms with Crippen LogP contribution in [0.4, 0.5) is 24.5 Å². The Labute approximate surface area is 244 Å². The van der Waals surface area contributed by atoms with E-state index in [9.17, 15) is 26.4 Å². The highest BCUT2D eigenvalue weighted by molar-refractivity contribution is 7.92. The first-order chi connectivity index (χ1) is 19.7. The average Bonchev–Trinajstić information content (AvgIpc) is 2.93. The molecule has 2 aromatic carbocycles. The Morgan fingerprint density at radius 3 is 2.14 bits per heavy atom. The zero-order valence-electron chi connectivity index (χ0n) is 24.1. The predicted molar refractivity (Wildman–Crippen MR) is 154 cm³/mol. The zero-order valence-corrected chi connectivity index (χ0v) is 24.9. The van der Waals surface area contributed by atoms with Crippen LogP contribution in [0.25, 0.3) is 0 Å². The number of carbonyl (C=O) groups excluding carboxylic acids is 1. The van der Waals surface area contributed by atoms with Crippen molar-refractivity contribution in [2.75, 3.05) is 76.1 Å². The van der Waals surface area contributed by atoms with E-state index in [4.69, 9.17) is 14.6 Å². The van der Waals surface area contributed by atoms with Crippen molar-refractivity contribution in [3.05, 3.63) is 48.0 Å². The van der Waals surface area contributed by atoms with Crippen LogP contribution in [0.3, 0.4) is 0 Å². The molecular weight excluding hydrogens is 579 g/mol. The van der Waals surface area contributed by atoms with E-state index in [2.05, 4.69) is 14.9 Å². The molecule has 3 rings (SSSR count). The van der Waals surface area contributed by atoms with Gasteiger partial charge in [0.1, 0.15) is 5.75 Å². The van der Waals surface area contributed by atoms with Crippen molar-refractivity contribution in [1.82, 2.24) is 15.1 Å². The molecule has 0 spiro atoms. The van der Waals surface area contributed by atoms with Gasteiger partial charge in [-0.1, -0.05) is 0 Å². The van der Waals surface area contributed by atoms with Gasteiger partial charge in [-0.15, -0.1) is 0 Å². The predicted octanol–water partition coefficient (Wildman–Crippen LogP) is 2.95. The Kier molecular flexibility index (Phi) is 12.9. The summed E-state index contributed by atoms with van der Waals surface area (Å²) in [6.07, 6.45) is -5.08. The van der Waals surface area contributed by atoms with Gasteiger partial charge in [0.05, 0.1) is 22.9 Å². The van der Waals surface area contributed by atoms with Crippen LogP contribution in [0.15, 0.2) is 47.4 Å². The number of sulfonamides is 1. The number of hydrogen-bond acceptors (Lipinski definition) is 8. The number of amides is 1. The SMILES string of the molecule is CCOc1ccc(S(=O)(=O)Nc2cc(C(=O)N(CC)CCN(C)C)ccc2N2CCNCC2)cc1.O=C(O)C(F)(F)F. The van der Waals surface area contributed by atoms with E-state index < -0.39 is 22.2 Å². The van der Waals surface area contributed by atoms with Crippen molar-refractivity contribution >= 4 is 33.3 Å².